The average molecular weight is 543 g/mol. The lowest BCUT2D eigenvalue weighted by molar-refractivity contribution is 0.0357. The lowest BCUT2D eigenvalue weighted by Gasteiger charge is -2.32. The molecule has 0 amide bonds. The fourth-order valence-electron chi connectivity index (χ4n) is 4.82. The number of benzene rings is 1. The predicted molar refractivity (Wildman–Crippen MR) is 164 cm³/mol. The van der Waals surface area contributed by atoms with Crippen LogP contribution in [-0.2, 0) is 15.5 Å². The van der Waals surface area contributed by atoms with Crippen molar-refractivity contribution < 1.29 is 8.95 Å². The third kappa shape index (κ3) is 9.44. The van der Waals surface area contributed by atoms with Crippen LogP contribution in [0.1, 0.15) is 48.0 Å². The van der Waals surface area contributed by atoms with E-state index >= 15 is 0 Å². The molecule has 6 nitrogen and oxygen atoms in total. The van der Waals surface area contributed by atoms with E-state index in [1.165, 1.54) is 11.4 Å². The maximum atomic E-state index is 12.3. The second-order valence-corrected chi connectivity index (χ2v) is 12.3. The Morgan fingerprint density at radius 1 is 1.26 bits per heavy atom. The second kappa shape index (κ2) is 14.7. The Morgan fingerprint density at radius 2 is 1.95 bits per heavy atom. The zero-order valence-electron chi connectivity index (χ0n) is 25.1. The Labute approximate surface area is 234 Å². The Bertz CT molecular complexity index is 1060. The highest BCUT2D eigenvalue weighted by Gasteiger charge is 2.31. The van der Waals surface area contributed by atoms with Crippen LogP contribution in [-0.4, -0.2) is 78.3 Å². The van der Waals surface area contributed by atoms with Crippen molar-refractivity contribution in [3.8, 4) is 0 Å². The summed E-state index contributed by atoms with van der Waals surface area (Å²) in [5, 5.41) is 7.30. The maximum Gasteiger partial charge on any atom is 0.104 e. The minimum absolute atomic E-state index is 0.00303. The molecule has 0 aliphatic carbocycles. The number of likely N-dealkylation sites (N-methyl/N-ethyl adjacent to an activating group) is 1. The molecule has 1 aromatic carbocycles. The first-order valence-corrected chi connectivity index (χ1v) is 15.2. The van der Waals surface area contributed by atoms with Crippen LogP contribution >= 0.6 is 0 Å². The van der Waals surface area contributed by atoms with Crippen LogP contribution in [0.4, 0.5) is 5.69 Å². The number of rotatable bonds is 14. The minimum atomic E-state index is -1.07. The average Bonchev–Trinajstić information content (AvgIpc) is 3.21. The number of nitrogens with zero attached hydrogens (tertiary/aromatic N) is 2. The van der Waals surface area contributed by atoms with Crippen LogP contribution in [0.5, 0.6) is 0 Å². The molecule has 2 N–H and O–H groups in total. The number of nitrogens with one attached hydrogen (secondary N) is 2. The fourth-order valence-corrected chi connectivity index (χ4v) is 5.53. The third-order valence-corrected chi connectivity index (χ3v) is 7.91. The van der Waals surface area contributed by atoms with Crippen molar-refractivity contribution in [1.29, 1.82) is 0 Å². The van der Waals surface area contributed by atoms with E-state index in [0.717, 1.165) is 54.4 Å². The lowest BCUT2D eigenvalue weighted by atomic mass is 9.99. The summed E-state index contributed by atoms with van der Waals surface area (Å²) in [5.41, 5.74) is 4.29. The van der Waals surface area contributed by atoms with Crippen LogP contribution in [0.3, 0.4) is 0 Å². The molecule has 1 aliphatic rings. The first-order valence-electron chi connectivity index (χ1n) is 13.6. The summed E-state index contributed by atoms with van der Waals surface area (Å²) in [5.74, 6) is 1.17. The summed E-state index contributed by atoms with van der Waals surface area (Å²) < 4.78 is 18.2. The molecule has 0 spiro atoms. The van der Waals surface area contributed by atoms with Crippen LogP contribution in [0, 0.1) is 0 Å². The van der Waals surface area contributed by atoms with Gasteiger partial charge < -0.3 is 25.2 Å². The van der Waals surface area contributed by atoms with Gasteiger partial charge in [0.1, 0.15) is 5.82 Å². The number of anilines is 1. The summed E-state index contributed by atoms with van der Waals surface area (Å²) in [4.78, 5) is 5.41. The molecule has 1 aliphatic heterocycles. The standard InChI is InChI=1S/C31H50N4O2S/c1-11-23(3)19-27(25(5)33-28-15-13-14-16-29(28)38(10)36)24(4)20-30(34(8)9)35(12-2)18-17-32-26-21-31(6,7)37-22-26/h11,13-16,19-20,25-26,32-33H,1,12,17-18,21-22H2,2-10H3/b23-19-,27-24-,30-20+/t25-,26?,38?/m1/s1. The monoisotopic (exact) mass is 542 g/mol. The van der Waals surface area contributed by atoms with Crippen molar-refractivity contribution in [3.05, 3.63) is 71.6 Å². The van der Waals surface area contributed by atoms with Gasteiger partial charge in [0.15, 0.2) is 0 Å². The Balaban J connectivity index is 2.33. The molecule has 1 saturated heterocycles. The number of hydrogen-bond donors (Lipinski definition) is 2. The molecular formula is C31H50N4O2S. The first-order chi connectivity index (χ1) is 17.9. The quantitative estimate of drug-likeness (QED) is 0.301. The zero-order chi connectivity index (χ0) is 28.5. The van der Waals surface area contributed by atoms with Crippen molar-refractivity contribution in [1.82, 2.24) is 15.1 Å². The molecule has 2 rings (SSSR count). The van der Waals surface area contributed by atoms with Crippen LogP contribution in [0.2, 0.25) is 0 Å². The highest BCUT2D eigenvalue weighted by molar-refractivity contribution is 7.84. The van der Waals surface area contributed by atoms with Crippen molar-refractivity contribution in [2.75, 3.05) is 51.9 Å². The second-order valence-electron chi connectivity index (χ2n) is 10.9. The highest BCUT2D eigenvalue weighted by Crippen LogP contribution is 2.26. The van der Waals surface area contributed by atoms with E-state index in [0.29, 0.717) is 6.04 Å². The van der Waals surface area contributed by atoms with E-state index in [4.69, 9.17) is 4.74 Å². The molecule has 2 unspecified atom stereocenters. The molecule has 212 valence electrons. The molecule has 3 atom stereocenters. The van der Waals surface area contributed by atoms with Gasteiger partial charge in [-0.2, -0.15) is 0 Å². The smallest absolute Gasteiger partial charge is 0.104 e. The van der Waals surface area contributed by atoms with E-state index < -0.39 is 10.8 Å². The van der Waals surface area contributed by atoms with E-state index in [2.05, 4.69) is 94.8 Å². The molecule has 1 fully saturated rings. The van der Waals surface area contributed by atoms with Gasteiger partial charge in [0.05, 0.1) is 33.6 Å². The third-order valence-electron chi connectivity index (χ3n) is 6.93. The topological polar surface area (TPSA) is 56.8 Å². The van der Waals surface area contributed by atoms with Gasteiger partial charge in [0, 0.05) is 52.1 Å². The summed E-state index contributed by atoms with van der Waals surface area (Å²) in [7, 11) is 3.12. The van der Waals surface area contributed by atoms with Gasteiger partial charge in [-0.25, -0.2) is 0 Å². The summed E-state index contributed by atoms with van der Waals surface area (Å²) in [6.07, 6.45) is 9.10. The van der Waals surface area contributed by atoms with Gasteiger partial charge in [-0.05, 0) is 77.3 Å². The predicted octanol–water partition coefficient (Wildman–Crippen LogP) is 5.56. The molecule has 38 heavy (non-hydrogen) atoms. The van der Waals surface area contributed by atoms with Crippen molar-refractivity contribution in [2.24, 2.45) is 0 Å². The minimum Gasteiger partial charge on any atom is -0.378 e. The van der Waals surface area contributed by atoms with Gasteiger partial charge in [0.25, 0.3) is 0 Å². The number of hydrogen-bond acceptors (Lipinski definition) is 6. The van der Waals surface area contributed by atoms with Gasteiger partial charge in [0.2, 0.25) is 0 Å². The molecular weight excluding hydrogens is 492 g/mol. The van der Waals surface area contributed by atoms with Gasteiger partial charge in [-0.15, -0.1) is 0 Å². The van der Waals surface area contributed by atoms with Crippen molar-refractivity contribution in [2.45, 2.75) is 70.5 Å². The Kier molecular flexibility index (Phi) is 12.3. The molecule has 0 radical (unpaired) electrons. The van der Waals surface area contributed by atoms with Crippen LogP contribution < -0.4 is 10.6 Å². The molecule has 7 heteroatoms. The summed E-state index contributed by atoms with van der Waals surface area (Å²) in [6.45, 7) is 20.3. The van der Waals surface area contributed by atoms with Gasteiger partial charge in [-0.3, -0.25) is 4.21 Å². The maximum absolute atomic E-state index is 12.3. The number of allylic oxidation sites excluding steroid dienone is 4. The largest absolute Gasteiger partial charge is 0.378 e. The van der Waals surface area contributed by atoms with Gasteiger partial charge in [-0.1, -0.05) is 36.4 Å². The first kappa shape index (κ1) is 31.9. The normalized spacial score (nSPS) is 20.0. The molecule has 0 bridgehead atoms. The molecule has 1 heterocycles. The molecule has 1 aromatic rings. The summed E-state index contributed by atoms with van der Waals surface area (Å²) in [6, 6.07) is 8.22. The van der Waals surface area contributed by atoms with Gasteiger partial charge >= 0.3 is 0 Å². The van der Waals surface area contributed by atoms with Crippen LogP contribution in [0.25, 0.3) is 0 Å². The van der Waals surface area contributed by atoms with E-state index in [9.17, 15) is 4.21 Å². The highest BCUT2D eigenvalue weighted by atomic mass is 32.2. The molecule has 0 saturated carbocycles. The van der Waals surface area contributed by atoms with Crippen molar-refractivity contribution in [3.63, 3.8) is 0 Å². The SMILES string of the molecule is C=C\C(C)=C/C(=C(C)/C=C(\N(C)C)N(CC)CCNC1COC(C)(C)C1)[C@@H](C)Nc1ccccc1S(C)=O. The Morgan fingerprint density at radius 3 is 2.50 bits per heavy atom. The number of ether oxygens (including phenoxy) is 1. The van der Waals surface area contributed by atoms with E-state index in [1.807, 2.05) is 30.3 Å². The van der Waals surface area contributed by atoms with Crippen LogP contribution in [0.15, 0.2) is 76.5 Å². The lowest BCUT2D eigenvalue weighted by Crippen LogP contribution is -2.40. The van der Waals surface area contributed by atoms with E-state index in [1.54, 1.807) is 6.26 Å². The van der Waals surface area contributed by atoms with Crippen molar-refractivity contribution >= 4 is 16.5 Å². The van der Waals surface area contributed by atoms with E-state index in [-0.39, 0.29) is 11.6 Å². The fraction of sp³-hybridized carbons (Fsp3) is 0.548. The zero-order valence-corrected chi connectivity index (χ0v) is 25.9. The molecule has 0 aromatic heterocycles. The Hall–Kier alpha value is -2.35. The summed E-state index contributed by atoms with van der Waals surface area (Å²) >= 11 is 0. The number of para-hydroxylation sites is 1.